The van der Waals surface area contributed by atoms with Crippen LogP contribution in [-0.4, -0.2) is 28.0 Å². The van der Waals surface area contributed by atoms with Crippen molar-refractivity contribution in [2.75, 3.05) is 6.54 Å². The van der Waals surface area contributed by atoms with E-state index in [1.165, 1.54) is 16.7 Å². The summed E-state index contributed by atoms with van der Waals surface area (Å²) in [6, 6.07) is 8.39. The van der Waals surface area contributed by atoms with Gasteiger partial charge in [-0.3, -0.25) is 4.99 Å². The van der Waals surface area contributed by atoms with Crippen LogP contribution in [0.2, 0.25) is 0 Å². The van der Waals surface area contributed by atoms with Gasteiger partial charge in [-0.15, -0.1) is 0 Å². The number of hydrogen-bond acceptors (Lipinski definition) is 2. The lowest BCUT2D eigenvalue weighted by molar-refractivity contribution is 0.196. The predicted octanol–water partition coefficient (Wildman–Crippen LogP) is 5.68. The molecule has 0 radical (unpaired) electrons. The minimum atomic E-state index is -0.604. The number of alkyl halides is 1. The molecule has 5 rings (SSSR count). The maximum atomic E-state index is 13.6. The van der Waals surface area contributed by atoms with Crippen molar-refractivity contribution >= 4 is 22.3 Å². The zero-order valence-corrected chi connectivity index (χ0v) is 16.1. The molecule has 1 aliphatic heterocycles. The maximum Gasteiger partial charge on any atom is 0.137 e. The summed E-state index contributed by atoms with van der Waals surface area (Å²) in [6.07, 6.45) is 13.4. The molecule has 2 heterocycles. The summed E-state index contributed by atoms with van der Waals surface area (Å²) in [6.45, 7) is 1.74. The lowest BCUT2D eigenvalue weighted by Gasteiger charge is -2.26. The second kappa shape index (κ2) is 7.50. The first kappa shape index (κ1) is 17.6. The van der Waals surface area contributed by atoms with Crippen LogP contribution in [-0.2, 0) is 6.54 Å². The number of para-hydroxylation sites is 2. The van der Waals surface area contributed by atoms with E-state index in [4.69, 9.17) is 4.98 Å². The summed E-state index contributed by atoms with van der Waals surface area (Å²) in [5.41, 5.74) is 5.99. The molecule has 4 heteroatoms. The quantitative estimate of drug-likeness (QED) is 0.676. The maximum absolute atomic E-state index is 13.6. The Kier molecular flexibility index (Phi) is 4.71. The van der Waals surface area contributed by atoms with Crippen LogP contribution in [0.1, 0.15) is 44.3 Å². The molecule has 1 aromatic carbocycles. The molecule has 144 valence electrons. The summed E-state index contributed by atoms with van der Waals surface area (Å²) < 4.78 is 16.0. The van der Waals surface area contributed by atoms with Gasteiger partial charge in [-0.25, -0.2) is 9.37 Å². The van der Waals surface area contributed by atoms with Crippen LogP contribution in [0.25, 0.3) is 16.6 Å². The van der Waals surface area contributed by atoms with Gasteiger partial charge in [-0.05, 0) is 73.8 Å². The molecule has 0 unspecified atom stereocenters. The predicted molar refractivity (Wildman–Crippen MR) is 113 cm³/mol. The van der Waals surface area contributed by atoms with Gasteiger partial charge in [0.15, 0.2) is 0 Å². The van der Waals surface area contributed by atoms with E-state index >= 15 is 0 Å². The largest absolute Gasteiger partial charge is 0.324 e. The molecule has 2 aromatic rings. The third-order valence-corrected chi connectivity index (χ3v) is 6.28. The zero-order valence-electron chi connectivity index (χ0n) is 16.1. The number of aromatic nitrogens is 2. The monoisotopic (exact) mass is 375 g/mol. The molecule has 0 saturated heterocycles. The van der Waals surface area contributed by atoms with Crippen LogP contribution >= 0.6 is 0 Å². The van der Waals surface area contributed by atoms with Gasteiger partial charge < -0.3 is 4.57 Å². The molecule has 1 fully saturated rings. The lowest BCUT2D eigenvalue weighted by Crippen LogP contribution is -2.20. The van der Waals surface area contributed by atoms with Crippen LogP contribution in [0.15, 0.2) is 59.1 Å². The molecular formula is C24H26FN3. The van der Waals surface area contributed by atoms with E-state index in [0.717, 1.165) is 55.8 Å². The summed E-state index contributed by atoms with van der Waals surface area (Å²) >= 11 is 0. The topological polar surface area (TPSA) is 30.2 Å². The van der Waals surface area contributed by atoms with E-state index in [0.29, 0.717) is 18.8 Å². The van der Waals surface area contributed by atoms with Gasteiger partial charge >= 0.3 is 0 Å². The third kappa shape index (κ3) is 3.36. The minimum absolute atomic E-state index is 0.539. The number of rotatable bonds is 4. The van der Waals surface area contributed by atoms with Gasteiger partial charge in [0.25, 0.3) is 0 Å². The molecule has 0 bridgehead atoms. The number of allylic oxidation sites excluding steroid dienone is 5. The summed E-state index contributed by atoms with van der Waals surface area (Å²) in [7, 11) is 0. The highest BCUT2D eigenvalue weighted by Crippen LogP contribution is 2.33. The van der Waals surface area contributed by atoms with E-state index < -0.39 is 6.17 Å². The fourth-order valence-corrected chi connectivity index (χ4v) is 4.68. The number of aliphatic imine (C=N–C) groups is 1. The Labute approximate surface area is 165 Å². The third-order valence-electron chi connectivity index (χ3n) is 6.28. The Bertz CT molecular complexity index is 1000. The standard InChI is InChI=1S/C24H26FN3/c25-20-13-7-17(8-14-20)16-28-23-6-2-1-4-22(23)27-24(28)19-11-9-18(10-12-19)21-5-3-15-26-21/h1-6,9,11,17,20H,7-8,10,12-16H2. The van der Waals surface area contributed by atoms with Gasteiger partial charge in [-0.1, -0.05) is 30.4 Å². The van der Waals surface area contributed by atoms with Crippen molar-refractivity contribution < 1.29 is 4.39 Å². The summed E-state index contributed by atoms with van der Waals surface area (Å²) in [4.78, 5) is 9.54. The molecule has 1 saturated carbocycles. The summed E-state index contributed by atoms with van der Waals surface area (Å²) in [5, 5.41) is 0. The van der Waals surface area contributed by atoms with Crippen molar-refractivity contribution in [2.24, 2.45) is 10.9 Å². The van der Waals surface area contributed by atoms with Crippen molar-refractivity contribution in [3.63, 3.8) is 0 Å². The number of halogens is 1. The van der Waals surface area contributed by atoms with Gasteiger partial charge in [0, 0.05) is 6.54 Å². The van der Waals surface area contributed by atoms with E-state index in [2.05, 4.69) is 58.1 Å². The number of nitrogens with zero attached hydrogens (tertiary/aromatic N) is 3. The first-order chi connectivity index (χ1) is 13.8. The fraction of sp³-hybridized carbons (Fsp3) is 0.417. The van der Waals surface area contributed by atoms with Crippen molar-refractivity contribution in [3.05, 3.63) is 60.0 Å². The molecule has 2 aliphatic carbocycles. The van der Waals surface area contributed by atoms with Crippen LogP contribution in [0.5, 0.6) is 0 Å². The number of benzene rings is 1. The second-order valence-electron chi connectivity index (χ2n) is 8.16. The molecule has 1 aromatic heterocycles. The average molecular weight is 375 g/mol. The fourth-order valence-electron chi connectivity index (χ4n) is 4.68. The van der Waals surface area contributed by atoms with Gasteiger partial charge in [0.1, 0.15) is 12.0 Å². The van der Waals surface area contributed by atoms with Crippen molar-refractivity contribution in [2.45, 2.75) is 51.2 Å². The minimum Gasteiger partial charge on any atom is -0.324 e. The highest BCUT2D eigenvalue weighted by atomic mass is 19.1. The van der Waals surface area contributed by atoms with Crippen LogP contribution in [0.4, 0.5) is 4.39 Å². The Hall–Kier alpha value is -2.49. The highest BCUT2D eigenvalue weighted by Gasteiger charge is 2.24. The number of hydrogen-bond donors (Lipinski definition) is 0. The zero-order chi connectivity index (χ0) is 18.9. The number of imidazole rings is 1. The molecule has 0 atom stereocenters. The van der Waals surface area contributed by atoms with Crippen LogP contribution < -0.4 is 0 Å². The first-order valence-corrected chi connectivity index (χ1v) is 10.5. The Balaban J connectivity index is 1.48. The SMILES string of the molecule is FC1CCC(Cn2c(C3=CC=C(C4=NCC=C4)CC3)nc3ccccc32)CC1. The Morgan fingerprint density at radius 2 is 1.79 bits per heavy atom. The average Bonchev–Trinajstić information content (AvgIpc) is 3.39. The highest BCUT2D eigenvalue weighted by molar-refractivity contribution is 6.10. The molecule has 28 heavy (non-hydrogen) atoms. The van der Waals surface area contributed by atoms with E-state index in [1.807, 2.05) is 0 Å². The summed E-state index contributed by atoms with van der Waals surface area (Å²) in [5.74, 6) is 1.62. The second-order valence-corrected chi connectivity index (χ2v) is 8.16. The molecule has 0 amide bonds. The number of fused-ring (bicyclic) bond motifs is 1. The van der Waals surface area contributed by atoms with E-state index in [9.17, 15) is 4.39 Å². The van der Waals surface area contributed by atoms with Gasteiger partial charge in [0.2, 0.25) is 0 Å². The van der Waals surface area contributed by atoms with Crippen molar-refractivity contribution in [1.29, 1.82) is 0 Å². The lowest BCUT2D eigenvalue weighted by atomic mass is 9.88. The normalized spacial score (nSPS) is 25.0. The van der Waals surface area contributed by atoms with Gasteiger partial charge in [-0.2, -0.15) is 0 Å². The van der Waals surface area contributed by atoms with Crippen LogP contribution in [0, 0.1) is 5.92 Å². The smallest absolute Gasteiger partial charge is 0.137 e. The molecule has 0 N–H and O–H groups in total. The Morgan fingerprint density at radius 3 is 2.54 bits per heavy atom. The molecule has 3 aliphatic rings. The first-order valence-electron chi connectivity index (χ1n) is 10.5. The van der Waals surface area contributed by atoms with E-state index in [-0.39, 0.29) is 0 Å². The molecule has 3 nitrogen and oxygen atoms in total. The molecular weight excluding hydrogens is 349 g/mol. The van der Waals surface area contributed by atoms with Crippen LogP contribution in [0.3, 0.4) is 0 Å². The van der Waals surface area contributed by atoms with Crippen molar-refractivity contribution in [1.82, 2.24) is 9.55 Å². The Morgan fingerprint density at radius 1 is 1.00 bits per heavy atom. The molecule has 0 spiro atoms. The van der Waals surface area contributed by atoms with Crippen molar-refractivity contribution in [3.8, 4) is 0 Å². The van der Waals surface area contributed by atoms with E-state index in [1.54, 1.807) is 0 Å². The van der Waals surface area contributed by atoms with Gasteiger partial charge in [0.05, 0.1) is 23.3 Å².